The molecule has 7 heteroatoms. The molecular formula is C29H30N2O5. The molecule has 0 aromatic heterocycles. The highest BCUT2D eigenvalue weighted by molar-refractivity contribution is 6.22. The van der Waals surface area contributed by atoms with Gasteiger partial charge in [-0.3, -0.25) is 19.2 Å². The summed E-state index contributed by atoms with van der Waals surface area (Å²) < 4.78 is 5.64. The van der Waals surface area contributed by atoms with Crippen molar-refractivity contribution in [2.75, 3.05) is 16.3 Å². The van der Waals surface area contributed by atoms with Crippen molar-refractivity contribution in [1.82, 2.24) is 0 Å². The summed E-state index contributed by atoms with van der Waals surface area (Å²) in [5.41, 5.74) is 4.01. The summed E-state index contributed by atoms with van der Waals surface area (Å²) in [6.45, 7) is 7.93. The lowest BCUT2D eigenvalue weighted by Crippen LogP contribution is -2.32. The molecule has 5 rings (SSSR count). The SMILES string of the molecule is Cc1cc(OC(=O)[C@@H]2CC(=O)N(c3c(C)cccc3C)C2)ccc1N1C(=O)[C@@H]2[C@H](C)C=CC[C@H]2C1=O. The van der Waals surface area contributed by atoms with Gasteiger partial charge in [-0.15, -0.1) is 0 Å². The first kappa shape index (κ1) is 24.0. The van der Waals surface area contributed by atoms with Gasteiger partial charge in [-0.1, -0.05) is 37.3 Å². The molecule has 2 aliphatic heterocycles. The van der Waals surface area contributed by atoms with Crippen LogP contribution >= 0.6 is 0 Å². The van der Waals surface area contributed by atoms with Gasteiger partial charge in [0.15, 0.2) is 0 Å². The van der Waals surface area contributed by atoms with E-state index >= 15 is 0 Å². The number of hydrogen-bond acceptors (Lipinski definition) is 5. The summed E-state index contributed by atoms with van der Waals surface area (Å²) >= 11 is 0. The first-order valence-corrected chi connectivity index (χ1v) is 12.4. The summed E-state index contributed by atoms with van der Waals surface area (Å²) in [4.78, 5) is 54.8. The van der Waals surface area contributed by atoms with Crippen LogP contribution in [-0.4, -0.2) is 30.2 Å². The summed E-state index contributed by atoms with van der Waals surface area (Å²) in [5.74, 6) is -1.81. The van der Waals surface area contributed by atoms with Crippen LogP contribution in [0.1, 0.15) is 36.5 Å². The Morgan fingerprint density at radius 1 is 0.972 bits per heavy atom. The molecule has 2 fully saturated rings. The lowest BCUT2D eigenvalue weighted by molar-refractivity contribution is -0.139. The summed E-state index contributed by atoms with van der Waals surface area (Å²) in [5, 5.41) is 0. The number of ether oxygens (including phenoxy) is 1. The van der Waals surface area contributed by atoms with E-state index in [1.165, 1.54) is 4.90 Å². The van der Waals surface area contributed by atoms with Crippen molar-refractivity contribution in [2.45, 2.75) is 40.5 Å². The zero-order valence-electron chi connectivity index (χ0n) is 21.0. The second kappa shape index (κ2) is 9.04. The molecule has 0 spiro atoms. The number of carbonyl (C=O) groups excluding carboxylic acids is 4. The minimum absolute atomic E-state index is 0.0166. The first-order valence-electron chi connectivity index (χ1n) is 12.4. The standard InChI is InChI=1S/C29H30N2O5/c1-16-7-6-10-22-25(16)28(34)31(27(22)33)23-12-11-21(13-19(23)4)36-29(35)20-14-24(32)30(15-20)26-17(2)8-5-9-18(26)3/h5-9,11-13,16,20,22,25H,10,14-15H2,1-4H3/t16-,20-,22-,25-/m1/s1. The third-order valence-electron chi connectivity index (χ3n) is 7.67. The van der Waals surface area contributed by atoms with Gasteiger partial charge in [-0.05, 0) is 68.0 Å². The van der Waals surface area contributed by atoms with Gasteiger partial charge in [-0.25, -0.2) is 4.90 Å². The number of hydrogen-bond donors (Lipinski definition) is 0. The van der Waals surface area contributed by atoms with E-state index in [0.717, 1.165) is 16.8 Å². The lowest BCUT2D eigenvalue weighted by atomic mass is 9.78. The average molecular weight is 487 g/mol. The Balaban J connectivity index is 1.30. The Bertz CT molecular complexity index is 1290. The fourth-order valence-electron chi connectivity index (χ4n) is 5.84. The van der Waals surface area contributed by atoms with E-state index in [2.05, 4.69) is 0 Å². The zero-order chi connectivity index (χ0) is 25.7. The van der Waals surface area contributed by atoms with E-state index in [1.807, 2.05) is 51.1 Å². The Morgan fingerprint density at radius 3 is 2.36 bits per heavy atom. The van der Waals surface area contributed by atoms with Crippen LogP contribution in [0.5, 0.6) is 5.75 Å². The number of fused-ring (bicyclic) bond motifs is 1. The zero-order valence-corrected chi connectivity index (χ0v) is 21.0. The fraction of sp³-hybridized carbons (Fsp3) is 0.379. The van der Waals surface area contributed by atoms with E-state index in [0.29, 0.717) is 23.4 Å². The minimum atomic E-state index is -0.574. The van der Waals surface area contributed by atoms with E-state index in [9.17, 15) is 19.2 Å². The first-order chi connectivity index (χ1) is 17.2. The van der Waals surface area contributed by atoms with Crippen LogP contribution in [0.4, 0.5) is 11.4 Å². The van der Waals surface area contributed by atoms with Crippen molar-refractivity contribution in [3.63, 3.8) is 0 Å². The van der Waals surface area contributed by atoms with Crippen molar-refractivity contribution >= 4 is 35.1 Å². The van der Waals surface area contributed by atoms with Crippen molar-refractivity contribution in [3.05, 3.63) is 65.2 Å². The van der Waals surface area contributed by atoms with Crippen LogP contribution in [0, 0.1) is 44.4 Å². The summed E-state index contributed by atoms with van der Waals surface area (Å²) in [6.07, 6.45) is 4.64. The Morgan fingerprint density at radius 2 is 1.69 bits per heavy atom. The molecule has 36 heavy (non-hydrogen) atoms. The molecule has 4 atom stereocenters. The smallest absolute Gasteiger partial charge is 0.316 e. The van der Waals surface area contributed by atoms with Gasteiger partial charge >= 0.3 is 5.97 Å². The average Bonchev–Trinajstić information content (AvgIpc) is 3.32. The number of benzene rings is 2. The van der Waals surface area contributed by atoms with E-state index in [4.69, 9.17) is 4.74 Å². The molecule has 7 nitrogen and oxygen atoms in total. The van der Waals surface area contributed by atoms with E-state index in [-0.39, 0.29) is 48.4 Å². The Kier molecular flexibility index (Phi) is 6.02. The topological polar surface area (TPSA) is 84.0 Å². The van der Waals surface area contributed by atoms with Crippen molar-refractivity contribution in [2.24, 2.45) is 23.7 Å². The maximum Gasteiger partial charge on any atom is 0.316 e. The number of allylic oxidation sites excluding steroid dienone is 2. The van der Waals surface area contributed by atoms with Crippen LogP contribution in [0.2, 0.25) is 0 Å². The molecular weight excluding hydrogens is 456 g/mol. The molecule has 2 aromatic rings. The predicted octanol–water partition coefficient (Wildman–Crippen LogP) is 4.27. The molecule has 0 N–H and O–H groups in total. The Hall–Kier alpha value is -3.74. The largest absolute Gasteiger partial charge is 0.426 e. The van der Waals surface area contributed by atoms with Gasteiger partial charge in [0.05, 0.1) is 23.4 Å². The number of anilines is 2. The number of imide groups is 1. The highest BCUT2D eigenvalue weighted by Crippen LogP contribution is 2.41. The van der Waals surface area contributed by atoms with Gasteiger partial charge in [0.25, 0.3) is 0 Å². The van der Waals surface area contributed by atoms with Crippen LogP contribution in [0.25, 0.3) is 0 Å². The second-order valence-corrected chi connectivity index (χ2v) is 10.2. The molecule has 0 saturated carbocycles. The van der Waals surface area contributed by atoms with Crippen molar-refractivity contribution < 1.29 is 23.9 Å². The van der Waals surface area contributed by atoms with Crippen LogP contribution in [-0.2, 0) is 19.2 Å². The minimum Gasteiger partial charge on any atom is -0.426 e. The summed E-state index contributed by atoms with van der Waals surface area (Å²) in [7, 11) is 0. The van der Waals surface area contributed by atoms with E-state index in [1.54, 1.807) is 30.0 Å². The van der Waals surface area contributed by atoms with Crippen LogP contribution in [0.15, 0.2) is 48.6 Å². The maximum absolute atomic E-state index is 13.1. The highest BCUT2D eigenvalue weighted by Gasteiger charge is 2.50. The predicted molar refractivity (Wildman–Crippen MR) is 136 cm³/mol. The molecule has 1 aliphatic carbocycles. The van der Waals surface area contributed by atoms with Crippen LogP contribution < -0.4 is 14.5 Å². The quantitative estimate of drug-likeness (QED) is 0.279. The molecule has 2 aromatic carbocycles. The molecule has 3 amide bonds. The number of amides is 3. The molecule has 2 heterocycles. The van der Waals surface area contributed by atoms with Gasteiger partial charge < -0.3 is 9.64 Å². The molecule has 3 aliphatic rings. The highest BCUT2D eigenvalue weighted by atomic mass is 16.5. The van der Waals surface area contributed by atoms with Gasteiger partial charge in [0.1, 0.15) is 5.75 Å². The molecule has 186 valence electrons. The molecule has 0 bridgehead atoms. The number of nitrogens with zero attached hydrogens (tertiary/aromatic N) is 2. The maximum atomic E-state index is 13.1. The van der Waals surface area contributed by atoms with Crippen molar-refractivity contribution in [3.8, 4) is 5.75 Å². The number of aryl methyl sites for hydroxylation is 3. The third-order valence-corrected chi connectivity index (χ3v) is 7.67. The molecule has 0 radical (unpaired) electrons. The number of carbonyl (C=O) groups is 4. The summed E-state index contributed by atoms with van der Waals surface area (Å²) in [6, 6.07) is 10.8. The van der Waals surface area contributed by atoms with Gasteiger partial charge in [0.2, 0.25) is 17.7 Å². The normalized spacial score (nSPS) is 25.5. The fourth-order valence-corrected chi connectivity index (χ4v) is 5.84. The van der Waals surface area contributed by atoms with Gasteiger partial charge in [-0.2, -0.15) is 0 Å². The van der Waals surface area contributed by atoms with Crippen molar-refractivity contribution in [1.29, 1.82) is 0 Å². The van der Waals surface area contributed by atoms with E-state index < -0.39 is 11.9 Å². The molecule has 2 saturated heterocycles. The number of rotatable bonds is 4. The number of esters is 1. The molecule has 0 unspecified atom stereocenters. The van der Waals surface area contributed by atoms with Crippen LogP contribution in [0.3, 0.4) is 0 Å². The second-order valence-electron chi connectivity index (χ2n) is 10.2. The monoisotopic (exact) mass is 486 g/mol. The third kappa shape index (κ3) is 3.92. The number of para-hydroxylation sites is 1. The lowest BCUT2D eigenvalue weighted by Gasteiger charge is -2.22. The van der Waals surface area contributed by atoms with Gasteiger partial charge in [0, 0.05) is 18.7 Å². The Labute approximate surface area is 210 Å².